The third-order valence-corrected chi connectivity index (χ3v) is 3.87. The zero-order chi connectivity index (χ0) is 14.7. The van der Waals surface area contributed by atoms with Crippen LogP contribution in [0.4, 0.5) is 0 Å². The van der Waals surface area contributed by atoms with Gasteiger partial charge < -0.3 is 20.1 Å². The number of hydrogen-bond acceptors (Lipinski definition) is 4. The van der Waals surface area contributed by atoms with Gasteiger partial charge in [0.15, 0.2) is 11.5 Å². The predicted octanol–water partition coefficient (Wildman–Crippen LogP) is 1.43. The van der Waals surface area contributed by atoms with Gasteiger partial charge >= 0.3 is 0 Å². The molecule has 0 bridgehead atoms. The number of aryl methyl sites for hydroxylation is 1. The topological polar surface area (TPSA) is 64.8 Å². The predicted molar refractivity (Wildman–Crippen MR) is 77.3 cm³/mol. The van der Waals surface area contributed by atoms with Crippen LogP contribution in [0, 0.1) is 12.8 Å². The molecule has 5 nitrogen and oxygen atoms in total. The smallest absolute Gasteiger partial charge is 0.254 e. The highest BCUT2D eigenvalue weighted by atomic mass is 16.5. The van der Waals surface area contributed by atoms with Gasteiger partial charge in [0.1, 0.15) is 0 Å². The van der Waals surface area contributed by atoms with E-state index < -0.39 is 0 Å². The molecule has 20 heavy (non-hydrogen) atoms. The number of likely N-dealkylation sites (tertiary alicyclic amines) is 1. The van der Waals surface area contributed by atoms with Crippen LogP contribution in [-0.4, -0.2) is 44.7 Å². The Labute approximate surface area is 119 Å². The molecular formula is C15H22N2O3. The van der Waals surface area contributed by atoms with Crippen molar-refractivity contribution < 1.29 is 14.3 Å². The van der Waals surface area contributed by atoms with E-state index in [-0.39, 0.29) is 5.91 Å². The first-order valence-corrected chi connectivity index (χ1v) is 6.82. The van der Waals surface area contributed by atoms with Crippen molar-refractivity contribution in [2.75, 3.05) is 33.9 Å². The van der Waals surface area contributed by atoms with Crippen molar-refractivity contribution in [1.82, 2.24) is 4.90 Å². The summed E-state index contributed by atoms with van der Waals surface area (Å²) < 4.78 is 10.5. The number of hydrogen-bond donors (Lipinski definition) is 1. The first kappa shape index (κ1) is 14.7. The molecule has 1 fully saturated rings. The lowest BCUT2D eigenvalue weighted by Crippen LogP contribution is -2.30. The molecule has 0 aliphatic carbocycles. The van der Waals surface area contributed by atoms with Crippen LogP contribution in [0.3, 0.4) is 0 Å². The number of nitrogens with zero attached hydrogens (tertiary/aromatic N) is 1. The molecule has 0 aromatic heterocycles. The lowest BCUT2D eigenvalue weighted by atomic mass is 10.1. The number of methoxy groups -OCH3 is 2. The van der Waals surface area contributed by atoms with Crippen LogP contribution in [-0.2, 0) is 0 Å². The molecular weight excluding hydrogens is 256 g/mol. The van der Waals surface area contributed by atoms with Crippen LogP contribution in [0.1, 0.15) is 22.3 Å². The number of carbonyl (C=O) groups excluding carboxylic acids is 1. The van der Waals surface area contributed by atoms with E-state index in [2.05, 4.69) is 0 Å². The molecule has 1 unspecified atom stereocenters. The summed E-state index contributed by atoms with van der Waals surface area (Å²) in [6.45, 7) is 4.05. The number of benzene rings is 1. The highest BCUT2D eigenvalue weighted by Crippen LogP contribution is 2.31. The molecule has 1 aliphatic rings. The molecule has 1 aromatic rings. The Kier molecular flexibility index (Phi) is 4.49. The molecule has 1 heterocycles. The molecule has 5 heteroatoms. The molecule has 1 aliphatic heterocycles. The molecule has 2 N–H and O–H groups in total. The van der Waals surface area contributed by atoms with Gasteiger partial charge in [-0.3, -0.25) is 4.79 Å². The second-order valence-corrected chi connectivity index (χ2v) is 5.16. The quantitative estimate of drug-likeness (QED) is 0.905. The highest BCUT2D eigenvalue weighted by Gasteiger charge is 2.27. The summed E-state index contributed by atoms with van der Waals surface area (Å²) in [7, 11) is 3.16. The molecule has 1 atom stereocenters. The minimum absolute atomic E-state index is 0.0411. The van der Waals surface area contributed by atoms with Crippen LogP contribution in [0.15, 0.2) is 12.1 Å². The lowest BCUT2D eigenvalue weighted by molar-refractivity contribution is 0.0786. The highest BCUT2D eigenvalue weighted by molar-refractivity contribution is 5.96. The molecule has 2 rings (SSSR count). The van der Waals surface area contributed by atoms with Crippen LogP contribution in [0.2, 0.25) is 0 Å². The molecule has 0 saturated carbocycles. The van der Waals surface area contributed by atoms with Gasteiger partial charge in [-0.15, -0.1) is 0 Å². The average Bonchev–Trinajstić information content (AvgIpc) is 2.95. The minimum atomic E-state index is 0.0411. The standard InChI is InChI=1S/C15H22N2O3/c1-10-6-13(19-2)14(20-3)7-12(10)15(18)17-5-4-11(8-16)9-17/h6-7,11H,4-5,8-9,16H2,1-3H3. The zero-order valence-electron chi connectivity index (χ0n) is 12.3. The lowest BCUT2D eigenvalue weighted by Gasteiger charge is -2.19. The van der Waals surface area contributed by atoms with E-state index in [4.69, 9.17) is 15.2 Å². The Morgan fingerprint density at radius 2 is 2.00 bits per heavy atom. The van der Waals surface area contributed by atoms with Crippen LogP contribution in [0.25, 0.3) is 0 Å². The van der Waals surface area contributed by atoms with Crippen molar-refractivity contribution >= 4 is 5.91 Å². The summed E-state index contributed by atoms with van der Waals surface area (Å²) in [6.07, 6.45) is 0.981. The molecule has 1 amide bonds. The second-order valence-electron chi connectivity index (χ2n) is 5.16. The monoisotopic (exact) mass is 278 g/mol. The minimum Gasteiger partial charge on any atom is -0.493 e. The van der Waals surface area contributed by atoms with Crippen molar-refractivity contribution in [3.63, 3.8) is 0 Å². The SMILES string of the molecule is COc1cc(C)c(C(=O)N2CCC(CN)C2)cc1OC. The summed E-state index contributed by atoms with van der Waals surface area (Å²) in [4.78, 5) is 14.5. The van der Waals surface area contributed by atoms with Gasteiger partial charge in [0.2, 0.25) is 0 Å². The molecule has 0 spiro atoms. The first-order chi connectivity index (χ1) is 9.60. The summed E-state index contributed by atoms with van der Waals surface area (Å²) in [6, 6.07) is 3.59. The largest absolute Gasteiger partial charge is 0.493 e. The fraction of sp³-hybridized carbons (Fsp3) is 0.533. The third-order valence-electron chi connectivity index (χ3n) is 3.87. The summed E-state index contributed by atoms with van der Waals surface area (Å²) in [5.41, 5.74) is 7.23. The first-order valence-electron chi connectivity index (χ1n) is 6.82. The van der Waals surface area contributed by atoms with Crippen LogP contribution < -0.4 is 15.2 Å². The van der Waals surface area contributed by atoms with Crippen molar-refractivity contribution in [1.29, 1.82) is 0 Å². The van der Waals surface area contributed by atoms with Crippen LogP contribution >= 0.6 is 0 Å². The molecule has 1 aromatic carbocycles. The summed E-state index contributed by atoms with van der Waals surface area (Å²) in [5.74, 6) is 1.68. The second kappa shape index (κ2) is 6.13. The van der Waals surface area contributed by atoms with Gasteiger partial charge in [0.05, 0.1) is 14.2 Å². The van der Waals surface area contributed by atoms with Crippen LogP contribution in [0.5, 0.6) is 11.5 Å². The Balaban J connectivity index is 2.26. The van der Waals surface area contributed by atoms with Gasteiger partial charge in [-0.05, 0) is 43.5 Å². The normalized spacial score (nSPS) is 18.2. The average molecular weight is 278 g/mol. The van der Waals surface area contributed by atoms with E-state index in [1.807, 2.05) is 17.9 Å². The fourth-order valence-electron chi connectivity index (χ4n) is 2.59. The van der Waals surface area contributed by atoms with E-state index in [1.54, 1.807) is 20.3 Å². The summed E-state index contributed by atoms with van der Waals surface area (Å²) in [5, 5.41) is 0. The van der Waals surface area contributed by atoms with Crippen molar-refractivity contribution in [2.24, 2.45) is 11.7 Å². The van der Waals surface area contributed by atoms with Gasteiger partial charge in [-0.25, -0.2) is 0 Å². The van der Waals surface area contributed by atoms with Crippen molar-refractivity contribution in [3.05, 3.63) is 23.3 Å². The van der Waals surface area contributed by atoms with E-state index >= 15 is 0 Å². The van der Waals surface area contributed by atoms with E-state index in [0.717, 1.165) is 25.1 Å². The Morgan fingerprint density at radius 3 is 2.55 bits per heavy atom. The number of ether oxygens (including phenoxy) is 2. The maximum atomic E-state index is 12.6. The number of nitrogens with two attached hydrogens (primary N) is 1. The van der Waals surface area contributed by atoms with Crippen molar-refractivity contribution in [2.45, 2.75) is 13.3 Å². The number of carbonyl (C=O) groups is 1. The Hall–Kier alpha value is -1.75. The molecule has 0 radical (unpaired) electrons. The van der Waals surface area contributed by atoms with Gasteiger partial charge in [0, 0.05) is 18.7 Å². The zero-order valence-corrected chi connectivity index (χ0v) is 12.3. The van der Waals surface area contributed by atoms with E-state index in [0.29, 0.717) is 29.5 Å². The van der Waals surface area contributed by atoms with Crippen molar-refractivity contribution in [3.8, 4) is 11.5 Å². The van der Waals surface area contributed by atoms with Gasteiger partial charge in [-0.1, -0.05) is 0 Å². The number of amides is 1. The van der Waals surface area contributed by atoms with Gasteiger partial charge in [0.25, 0.3) is 5.91 Å². The van der Waals surface area contributed by atoms with Gasteiger partial charge in [-0.2, -0.15) is 0 Å². The number of rotatable bonds is 4. The maximum absolute atomic E-state index is 12.6. The van der Waals surface area contributed by atoms with E-state index in [1.165, 1.54) is 0 Å². The maximum Gasteiger partial charge on any atom is 0.254 e. The Morgan fingerprint density at radius 1 is 1.35 bits per heavy atom. The molecule has 110 valence electrons. The fourth-order valence-corrected chi connectivity index (χ4v) is 2.59. The Bertz CT molecular complexity index is 502. The molecule has 1 saturated heterocycles. The third kappa shape index (κ3) is 2.72. The summed E-state index contributed by atoms with van der Waals surface area (Å²) >= 11 is 0. The van der Waals surface area contributed by atoms with E-state index in [9.17, 15) is 4.79 Å².